The largest absolute Gasteiger partial charge is 0.457 e. The van der Waals surface area contributed by atoms with Crippen LogP contribution in [0.25, 0.3) is 11.2 Å². The van der Waals surface area contributed by atoms with Gasteiger partial charge in [-0.1, -0.05) is 6.07 Å². The third-order valence-corrected chi connectivity index (χ3v) is 7.79. The van der Waals surface area contributed by atoms with Crippen LogP contribution in [0, 0.1) is 12.3 Å². The molecule has 8 heteroatoms. The van der Waals surface area contributed by atoms with Gasteiger partial charge in [0.25, 0.3) is 0 Å². The lowest BCUT2D eigenvalue weighted by Crippen LogP contribution is -2.42. The van der Waals surface area contributed by atoms with Crippen LogP contribution < -0.4 is 4.90 Å². The standard InChI is InChI=1S/C24H27N5O3/c1-16-17(2-3-19-20(16)14-31-23(19)30)4-8-28-9-5-24(6-10-28)7-11-29(15-24)18-12-21-22(25-13-18)27-32-26-21/h2-3,12-13H,4-11,14-15H2,1H3. The van der Waals surface area contributed by atoms with Gasteiger partial charge in [0.05, 0.1) is 17.4 Å². The zero-order chi connectivity index (χ0) is 21.7. The van der Waals surface area contributed by atoms with E-state index in [-0.39, 0.29) is 5.97 Å². The number of rotatable bonds is 4. The molecule has 6 rings (SSSR count). The molecule has 166 valence electrons. The Hall–Kier alpha value is -3.00. The van der Waals surface area contributed by atoms with Crippen molar-refractivity contribution in [2.45, 2.75) is 39.2 Å². The van der Waals surface area contributed by atoms with E-state index in [4.69, 9.17) is 9.37 Å². The summed E-state index contributed by atoms with van der Waals surface area (Å²) in [6.45, 7) is 8.04. The topological polar surface area (TPSA) is 84.6 Å². The Morgan fingerprint density at radius 3 is 2.84 bits per heavy atom. The SMILES string of the molecule is Cc1c(CCN2CCC3(CC2)CCN(c2cnc4nonc4c2)C3)ccc2c1COC2=O. The average molecular weight is 434 g/mol. The van der Waals surface area contributed by atoms with Crippen LogP contribution in [-0.2, 0) is 17.8 Å². The fourth-order valence-electron chi connectivity index (χ4n) is 5.61. The molecule has 0 atom stereocenters. The Balaban J connectivity index is 1.06. The molecular weight excluding hydrogens is 406 g/mol. The molecule has 0 N–H and O–H groups in total. The van der Waals surface area contributed by atoms with Crippen molar-refractivity contribution in [2.75, 3.05) is 37.6 Å². The maximum atomic E-state index is 11.8. The number of hydrogen-bond donors (Lipinski definition) is 0. The predicted molar refractivity (Wildman–Crippen MR) is 119 cm³/mol. The number of cyclic esters (lactones) is 1. The quantitative estimate of drug-likeness (QED) is 0.580. The number of nitrogens with zero attached hydrogens (tertiary/aromatic N) is 5. The molecule has 8 nitrogen and oxygen atoms in total. The van der Waals surface area contributed by atoms with Gasteiger partial charge in [-0.15, -0.1) is 0 Å². The van der Waals surface area contributed by atoms with Crippen molar-refractivity contribution in [1.82, 2.24) is 20.2 Å². The van der Waals surface area contributed by atoms with Crippen LogP contribution in [-0.4, -0.2) is 58.9 Å². The number of esters is 1. The van der Waals surface area contributed by atoms with Crippen LogP contribution >= 0.6 is 0 Å². The highest BCUT2D eigenvalue weighted by Crippen LogP contribution is 2.42. The Bertz CT molecular complexity index is 1180. The Labute approximate surface area is 186 Å². The van der Waals surface area contributed by atoms with Crippen molar-refractivity contribution >= 4 is 22.8 Å². The molecule has 1 spiro atoms. The van der Waals surface area contributed by atoms with Gasteiger partial charge in [-0.2, -0.15) is 0 Å². The summed E-state index contributed by atoms with van der Waals surface area (Å²) in [6, 6.07) is 6.08. The molecule has 5 heterocycles. The van der Waals surface area contributed by atoms with Gasteiger partial charge in [0.15, 0.2) is 5.52 Å². The van der Waals surface area contributed by atoms with Gasteiger partial charge >= 0.3 is 5.97 Å². The lowest BCUT2D eigenvalue weighted by Gasteiger charge is -2.39. The number of pyridine rings is 1. The molecule has 2 saturated heterocycles. The van der Waals surface area contributed by atoms with Crippen LogP contribution in [0.15, 0.2) is 29.0 Å². The van der Waals surface area contributed by atoms with Crippen LogP contribution in [0.1, 0.15) is 46.3 Å². The third-order valence-electron chi connectivity index (χ3n) is 7.79. The molecule has 32 heavy (non-hydrogen) atoms. The minimum Gasteiger partial charge on any atom is -0.457 e. The molecule has 3 aliphatic heterocycles. The molecule has 1 aromatic carbocycles. The van der Waals surface area contributed by atoms with Crippen molar-refractivity contribution in [3.8, 4) is 0 Å². The van der Waals surface area contributed by atoms with Crippen LogP contribution in [0.5, 0.6) is 0 Å². The van der Waals surface area contributed by atoms with Crippen molar-refractivity contribution in [1.29, 1.82) is 0 Å². The highest BCUT2D eigenvalue weighted by Gasteiger charge is 2.40. The van der Waals surface area contributed by atoms with Crippen molar-refractivity contribution in [2.24, 2.45) is 5.41 Å². The predicted octanol–water partition coefficient (Wildman–Crippen LogP) is 3.13. The average Bonchev–Trinajstić information content (AvgIpc) is 3.53. The van der Waals surface area contributed by atoms with Gasteiger partial charge in [-0.05, 0) is 84.7 Å². The van der Waals surface area contributed by atoms with E-state index in [1.165, 1.54) is 30.4 Å². The van der Waals surface area contributed by atoms with Crippen LogP contribution in [0.2, 0.25) is 0 Å². The van der Waals surface area contributed by atoms with Gasteiger partial charge in [-0.3, -0.25) is 0 Å². The number of aromatic nitrogens is 3. The third kappa shape index (κ3) is 3.33. The first-order chi connectivity index (χ1) is 15.6. The lowest BCUT2D eigenvalue weighted by atomic mass is 9.77. The number of likely N-dealkylation sites (tertiary alicyclic amines) is 1. The maximum Gasteiger partial charge on any atom is 0.338 e. The minimum absolute atomic E-state index is 0.185. The molecule has 2 fully saturated rings. The first-order valence-electron chi connectivity index (χ1n) is 11.4. The zero-order valence-corrected chi connectivity index (χ0v) is 18.3. The van der Waals surface area contributed by atoms with E-state index in [0.29, 0.717) is 17.7 Å². The number of benzene rings is 1. The summed E-state index contributed by atoms with van der Waals surface area (Å²) in [6.07, 6.45) is 6.60. The van der Waals surface area contributed by atoms with E-state index < -0.39 is 0 Å². The van der Waals surface area contributed by atoms with E-state index in [0.717, 1.165) is 61.5 Å². The molecule has 0 radical (unpaired) electrons. The minimum atomic E-state index is -0.185. The highest BCUT2D eigenvalue weighted by molar-refractivity contribution is 5.93. The smallest absolute Gasteiger partial charge is 0.338 e. The van der Waals surface area contributed by atoms with Crippen LogP contribution in [0.4, 0.5) is 5.69 Å². The van der Waals surface area contributed by atoms with Crippen molar-refractivity contribution < 1.29 is 14.2 Å². The van der Waals surface area contributed by atoms with Crippen molar-refractivity contribution in [3.63, 3.8) is 0 Å². The molecule has 0 bridgehead atoms. The normalized spacial score (nSPS) is 20.3. The van der Waals surface area contributed by atoms with Crippen LogP contribution in [0.3, 0.4) is 0 Å². The second kappa shape index (κ2) is 7.55. The van der Waals surface area contributed by atoms with Crippen molar-refractivity contribution in [3.05, 3.63) is 46.6 Å². The molecule has 0 aliphatic carbocycles. The fraction of sp³-hybridized carbons (Fsp3) is 0.500. The summed E-state index contributed by atoms with van der Waals surface area (Å²) in [7, 11) is 0. The maximum absolute atomic E-state index is 11.8. The summed E-state index contributed by atoms with van der Waals surface area (Å²) in [5.74, 6) is -0.185. The Kier molecular flexibility index (Phi) is 4.64. The highest BCUT2D eigenvalue weighted by atomic mass is 16.6. The summed E-state index contributed by atoms with van der Waals surface area (Å²) in [4.78, 5) is 21.2. The molecule has 3 aromatic rings. The molecule has 0 amide bonds. The van der Waals surface area contributed by atoms with E-state index in [1.54, 1.807) is 0 Å². The van der Waals surface area contributed by atoms with Gasteiger partial charge < -0.3 is 14.5 Å². The first-order valence-corrected chi connectivity index (χ1v) is 11.4. The fourth-order valence-corrected chi connectivity index (χ4v) is 5.61. The van der Waals surface area contributed by atoms with Gasteiger partial charge in [0.2, 0.25) is 5.65 Å². The lowest BCUT2D eigenvalue weighted by molar-refractivity contribution is 0.0535. The number of hydrogen-bond acceptors (Lipinski definition) is 8. The number of ether oxygens (including phenoxy) is 1. The van der Waals surface area contributed by atoms with Gasteiger partial charge in [0, 0.05) is 25.2 Å². The summed E-state index contributed by atoms with van der Waals surface area (Å²) in [5, 5.41) is 7.73. The molecule has 0 unspecified atom stereocenters. The van der Waals surface area contributed by atoms with E-state index in [9.17, 15) is 4.79 Å². The van der Waals surface area contributed by atoms with E-state index in [2.05, 4.69) is 38.1 Å². The molecular formula is C24H27N5O3. The summed E-state index contributed by atoms with van der Waals surface area (Å²) >= 11 is 0. The first kappa shape index (κ1) is 19.7. The molecule has 3 aliphatic rings. The Morgan fingerprint density at radius 1 is 1.12 bits per heavy atom. The Morgan fingerprint density at radius 2 is 1.97 bits per heavy atom. The summed E-state index contributed by atoms with van der Waals surface area (Å²) in [5.41, 5.74) is 7.17. The number of anilines is 1. The van der Waals surface area contributed by atoms with Gasteiger partial charge in [0.1, 0.15) is 6.61 Å². The summed E-state index contributed by atoms with van der Waals surface area (Å²) < 4.78 is 9.98. The number of fused-ring (bicyclic) bond motifs is 2. The zero-order valence-electron chi connectivity index (χ0n) is 18.3. The molecule has 2 aromatic heterocycles. The van der Waals surface area contributed by atoms with E-state index in [1.807, 2.05) is 18.3 Å². The van der Waals surface area contributed by atoms with E-state index >= 15 is 0 Å². The second-order valence-electron chi connectivity index (χ2n) is 9.52. The monoisotopic (exact) mass is 433 g/mol. The number of piperidine rings is 1. The number of carbonyl (C=O) groups excluding carboxylic acids is 1. The number of carbonyl (C=O) groups is 1. The second-order valence-corrected chi connectivity index (χ2v) is 9.52. The van der Waals surface area contributed by atoms with Gasteiger partial charge in [-0.25, -0.2) is 14.4 Å². The molecule has 0 saturated carbocycles.